The molecule has 2 N–H and O–H groups in total. The predicted molar refractivity (Wildman–Crippen MR) is 52.5 cm³/mol. The van der Waals surface area contributed by atoms with Crippen molar-refractivity contribution in [2.75, 3.05) is 26.0 Å². The molecule has 0 aromatic carbocycles. The van der Waals surface area contributed by atoms with Crippen LogP contribution in [0.2, 0.25) is 0 Å². The van der Waals surface area contributed by atoms with Gasteiger partial charge in [0.25, 0.3) is 0 Å². The van der Waals surface area contributed by atoms with Gasteiger partial charge in [-0.2, -0.15) is 0 Å². The number of esters is 1. The van der Waals surface area contributed by atoms with Gasteiger partial charge < -0.3 is 10.1 Å². The van der Waals surface area contributed by atoms with Crippen LogP contribution in [0.4, 0.5) is 0 Å². The fraction of sp³-hybridized carbons (Fsp3) is 0.714. The lowest BCUT2D eigenvalue weighted by Gasteiger charge is -2.04. The minimum absolute atomic E-state index is 0.232. The summed E-state index contributed by atoms with van der Waals surface area (Å²) in [5, 5.41) is 2.20. The first kappa shape index (κ1) is 13.8. The molecule has 0 atom stereocenters. The number of carbonyl (C=O) groups excluding carboxylic acids is 2. The summed E-state index contributed by atoms with van der Waals surface area (Å²) >= 11 is 0. The Kier molecular flexibility index (Phi) is 5.87. The molecule has 0 radical (unpaired) electrons. The Morgan fingerprint density at radius 3 is 2.33 bits per heavy atom. The first-order valence-corrected chi connectivity index (χ1v) is 6.11. The molecule has 0 unspecified atom stereocenters. The number of ether oxygens (including phenoxy) is 1. The van der Waals surface area contributed by atoms with Gasteiger partial charge in [-0.3, -0.25) is 9.59 Å². The van der Waals surface area contributed by atoms with Crippen LogP contribution in [0.25, 0.3) is 0 Å². The highest BCUT2D eigenvalue weighted by Gasteiger charge is 2.08. The fourth-order valence-corrected chi connectivity index (χ4v) is 1.04. The number of sulfonamides is 1. The van der Waals surface area contributed by atoms with Crippen LogP contribution in [0, 0.1) is 0 Å². The molecule has 1 amide bonds. The maximum Gasteiger partial charge on any atom is 0.325 e. The van der Waals surface area contributed by atoms with Crippen molar-refractivity contribution in [3.05, 3.63) is 0 Å². The van der Waals surface area contributed by atoms with E-state index in [0.29, 0.717) is 0 Å². The Morgan fingerprint density at radius 1 is 1.27 bits per heavy atom. The zero-order valence-corrected chi connectivity index (χ0v) is 9.39. The van der Waals surface area contributed by atoms with E-state index in [1.807, 2.05) is 4.72 Å². The van der Waals surface area contributed by atoms with Crippen LogP contribution in [0.15, 0.2) is 0 Å². The number of hydrogen-bond acceptors (Lipinski definition) is 5. The Hall–Kier alpha value is -1.15. The number of hydrogen-bond donors (Lipinski definition) is 2. The van der Waals surface area contributed by atoms with Gasteiger partial charge in [-0.1, -0.05) is 0 Å². The van der Waals surface area contributed by atoms with E-state index >= 15 is 0 Å². The van der Waals surface area contributed by atoms with E-state index in [4.69, 9.17) is 0 Å². The van der Waals surface area contributed by atoms with E-state index in [-0.39, 0.29) is 13.2 Å². The zero-order chi connectivity index (χ0) is 11.9. The minimum atomic E-state index is -3.39. The van der Waals surface area contributed by atoms with Crippen molar-refractivity contribution < 1.29 is 22.7 Å². The van der Waals surface area contributed by atoms with Gasteiger partial charge in [-0.15, -0.1) is 0 Å². The third-order valence-corrected chi connectivity index (χ3v) is 1.90. The number of carbonyl (C=O) groups is 2. The maximum atomic E-state index is 11.0. The van der Waals surface area contributed by atoms with Crippen LogP contribution < -0.4 is 10.0 Å². The topological polar surface area (TPSA) is 102 Å². The smallest absolute Gasteiger partial charge is 0.325 e. The molecular weight excluding hydrogens is 224 g/mol. The zero-order valence-electron chi connectivity index (χ0n) is 8.57. The van der Waals surface area contributed by atoms with E-state index < -0.39 is 28.4 Å². The van der Waals surface area contributed by atoms with Gasteiger partial charge in [0.05, 0.1) is 19.4 Å². The summed E-state index contributed by atoms with van der Waals surface area (Å²) in [4.78, 5) is 21.7. The SMILES string of the molecule is CCOC(=O)CNC(=O)CNS(C)(=O)=O. The van der Waals surface area contributed by atoms with Crippen molar-refractivity contribution >= 4 is 21.9 Å². The molecule has 0 bridgehead atoms. The molecular formula is C7H14N2O5S. The molecule has 8 heteroatoms. The third kappa shape index (κ3) is 9.16. The molecule has 0 heterocycles. The lowest BCUT2D eigenvalue weighted by Crippen LogP contribution is -2.39. The van der Waals surface area contributed by atoms with E-state index in [9.17, 15) is 18.0 Å². The number of nitrogens with one attached hydrogen (secondary N) is 2. The summed E-state index contributed by atoms with van der Waals surface area (Å²) in [5.74, 6) is -1.15. The highest BCUT2D eigenvalue weighted by atomic mass is 32.2. The second-order valence-corrected chi connectivity index (χ2v) is 4.51. The quantitative estimate of drug-likeness (QED) is 0.532. The highest BCUT2D eigenvalue weighted by Crippen LogP contribution is 1.76. The second-order valence-electron chi connectivity index (χ2n) is 2.68. The van der Waals surface area contributed by atoms with Crippen molar-refractivity contribution in [2.24, 2.45) is 0 Å². The predicted octanol–water partition coefficient (Wildman–Crippen LogP) is -1.79. The molecule has 15 heavy (non-hydrogen) atoms. The summed E-state index contributed by atoms with van der Waals surface area (Å²) in [7, 11) is -3.39. The molecule has 0 spiro atoms. The van der Waals surface area contributed by atoms with Crippen molar-refractivity contribution in [1.29, 1.82) is 0 Å². The molecule has 7 nitrogen and oxygen atoms in total. The van der Waals surface area contributed by atoms with Crippen LogP contribution in [-0.4, -0.2) is 46.2 Å². The Morgan fingerprint density at radius 2 is 1.87 bits per heavy atom. The Balaban J connectivity index is 3.72. The van der Waals surface area contributed by atoms with Crippen molar-refractivity contribution in [1.82, 2.24) is 10.0 Å². The van der Waals surface area contributed by atoms with Gasteiger partial charge in [0.15, 0.2) is 0 Å². The van der Waals surface area contributed by atoms with Gasteiger partial charge in [0, 0.05) is 0 Å². The van der Waals surface area contributed by atoms with Gasteiger partial charge >= 0.3 is 5.97 Å². The normalized spacial score (nSPS) is 10.8. The molecule has 0 aromatic rings. The average molecular weight is 238 g/mol. The third-order valence-electron chi connectivity index (χ3n) is 1.23. The Bertz CT molecular complexity index is 324. The highest BCUT2D eigenvalue weighted by molar-refractivity contribution is 7.88. The van der Waals surface area contributed by atoms with Gasteiger partial charge in [0.2, 0.25) is 15.9 Å². The lowest BCUT2D eigenvalue weighted by atomic mass is 10.5. The monoisotopic (exact) mass is 238 g/mol. The molecule has 0 aromatic heterocycles. The van der Waals surface area contributed by atoms with E-state index in [1.54, 1.807) is 6.92 Å². The molecule has 0 fully saturated rings. The van der Waals surface area contributed by atoms with Crippen LogP contribution in [0.5, 0.6) is 0 Å². The van der Waals surface area contributed by atoms with Gasteiger partial charge in [0.1, 0.15) is 6.54 Å². The van der Waals surface area contributed by atoms with Gasteiger partial charge in [-0.05, 0) is 6.92 Å². The van der Waals surface area contributed by atoms with E-state index in [1.165, 1.54) is 0 Å². The standard InChI is InChI=1S/C7H14N2O5S/c1-3-14-7(11)5-8-6(10)4-9-15(2,12)13/h9H,3-5H2,1-2H3,(H,8,10). The number of rotatable bonds is 6. The van der Waals surface area contributed by atoms with Crippen LogP contribution >= 0.6 is 0 Å². The first-order chi connectivity index (χ1) is 6.85. The second kappa shape index (κ2) is 6.36. The van der Waals surface area contributed by atoms with Crippen molar-refractivity contribution in [3.8, 4) is 0 Å². The largest absolute Gasteiger partial charge is 0.465 e. The number of amides is 1. The maximum absolute atomic E-state index is 11.0. The average Bonchev–Trinajstić information content (AvgIpc) is 2.11. The summed E-state index contributed by atoms with van der Waals surface area (Å²) < 4.78 is 27.7. The molecule has 0 saturated heterocycles. The van der Waals surface area contributed by atoms with Crippen LogP contribution in [0.1, 0.15) is 6.92 Å². The summed E-state index contributed by atoms with van der Waals surface area (Å²) in [6.07, 6.45) is 0.936. The van der Waals surface area contributed by atoms with Gasteiger partial charge in [-0.25, -0.2) is 13.1 Å². The van der Waals surface area contributed by atoms with Crippen molar-refractivity contribution in [3.63, 3.8) is 0 Å². The van der Waals surface area contributed by atoms with Crippen LogP contribution in [0.3, 0.4) is 0 Å². The summed E-state index contributed by atoms with van der Waals surface area (Å²) in [6.45, 7) is 1.22. The Labute approximate surface area is 88.2 Å². The first-order valence-electron chi connectivity index (χ1n) is 4.22. The van der Waals surface area contributed by atoms with Crippen LogP contribution in [-0.2, 0) is 24.3 Å². The van der Waals surface area contributed by atoms with Crippen molar-refractivity contribution in [2.45, 2.75) is 6.92 Å². The molecule has 0 saturated carbocycles. The fourth-order valence-electron chi connectivity index (χ4n) is 0.642. The minimum Gasteiger partial charge on any atom is -0.465 e. The molecule has 0 aliphatic carbocycles. The van der Waals surface area contributed by atoms with E-state index in [2.05, 4.69) is 10.1 Å². The summed E-state index contributed by atoms with van der Waals surface area (Å²) in [5.41, 5.74) is 0. The molecule has 88 valence electrons. The molecule has 0 aliphatic rings. The molecule has 0 aliphatic heterocycles. The lowest BCUT2D eigenvalue weighted by molar-refractivity contribution is -0.143. The summed E-state index contributed by atoms with van der Waals surface area (Å²) in [6, 6.07) is 0. The van der Waals surface area contributed by atoms with E-state index in [0.717, 1.165) is 6.26 Å². The molecule has 0 rings (SSSR count).